The molecule has 0 unspecified atom stereocenters. The number of aromatic nitrogens is 1. The fraction of sp³-hybridized carbons (Fsp3) is 0.227. The zero-order valence-corrected chi connectivity index (χ0v) is 16.7. The molecule has 29 heavy (non-hydrogen) atoms. The average Bonchev–Trinajstić information content (AvgIpc) is 2.89. The third kappa shape index (κ3) is 4.05. The van der Waals surface area contributed by atoms with Gasteiger partial charge in [-0.2, -0.15) is 0 Å². The van der Waals surface area contributed by atoms with Gasteiger partial charge in [0.05, 0.1) is 11.3 Å². The van der Waals surface area contributed by atoms with Gasteiger partial charge in [0, 0.05) is 33.7 Å². The van der Waals surface area contributed by atoms with Gasteiger partial charge in [0.1, 0.15) is 0 Å². The van der Waals surface area contributed by atoms with Crippen LogP contribution in [0.25, 0.3) is 10.9 Å². The second kappa shape index (κ2) is 8.13. The highest BCUT2D eigenvalue weighted by atomic mass is 32.2. The molecule has 0 saturated heterocycles. The predicted molar refractivity (Wildman–Crippen MR) is 114 cm³/mol. The zero-order chi connectivity index (χ0) is 20.4. The molecule has 0 fully saturated rings. The van der Waals surface area contributed by atoms with Crippen molar-refractivity contribution in [3.05, 3.63) is 70.5 Å². The first-order valence-electron chi connectivity index (χ1n) is 9.38. The molecule has 1 amide bonds. The first-order valence-corrected chi connectivity index (χ1v) is 10.3. The van der Waals surface area contributed by atoms with E-state index in [1.165, 1.54) is 6.07 Å². The molecule has 1 aliphatic heterocycles. The van der Waals surface area contributed by atoms with Crippen LogP contribution in [0.1, 0.15) is 23.7 Å². The summed E-state index contributed by atoms with van der Waals surface area (Å²) in [6, 6.07) is 15.9. The second-order valence-corrected chi connectivity index (χ2v) is 8.38. The van der Waals surface area contributed by atoms with E-state index >= 15 is 0 Å². The molecular formula is C22H20N2O4S. The lowest BCUT2D eigenvalue weighted by atomic mass is 10.1. The summed E-state index contributed by atoms with van der Waals surface area (Å²) in [5.41, 5.74) is 1.14. The van der Waals surface area contributed by atoms with Crippen molar-refractivity contribution in [1.29, 1.82) is 0 Å². The summed E-state index contributed by atoms with van der Waals surface area (Å²) in [7, 11) is 0. The van der Waals surface area contributed by atoms with Gasteiger partial charge in [-0.15, -0.1) is 11.8 Å². The van der Waals surface area contributed by atoms with Crippen molar-refractivity contribution in [3.8, 4) is 0 Å². The molecule has 0 radical (unpaired) electrons. The SMILES string of the molecule is C[C@@H]1CCN(C(=O)COC(=O)c2cc(=O)[nH]c3ccccc23)c2ccccc2S1. The number of fused-ring (bicyclic) bond motifs is 2. The van der Waals surface area contributed by atoms with Crippen molar-refractivity contribution >= 4 is 40.2 Å². The molecule has 4 rings (SSSR count). The largest absolute Gasteiger partial charge is 0.452 e. The average molecular weight is 408 g/mol. The number of nitrogens with zero attached hydrogens (tertiary/aromatic N) is 1. The number of thioether (sulfide) groups is 1. The Morgan fingerprint density at radius 3 is 2.79 bits per heavy atom. The van der Waals surface area contributed by atoms with Gasteiger partial charge in [-0.05, 0) is 24.6 Å². The smallest absolute Gasteiger partial charge is 0.339 e. The van der Waals surface area contributed by atoms with Crippen LogP contribution in [0.3, 0.4) is 0 Å². The molecular weight excluding hydrogens is 388 g/mol. The second-order valence-electron chi connectivity index (χ2n) is 6.90. The monoisotopic (exact) mass is 408 g/mol. The van der Waals surface area contributed by atoms with Crippen molar-refractivity contribution in [2.45, 2.75) is 23.5 Å². The first kappa shape index (κ1) is 19.3. The number of anilines is 1. The summed E-state index contributed by atoms with van der Waals surface area (Å²) in [5.74, 6) is -0.971. The van der Waals surface area contributed by atoms with Crippen LogP contribution in [-0.2, 0) is 9.53 Å². The lowest BCUT2D eigenvalue weighted by Gasteiger charge is -2.22. The van der Waals surface area contributed by atoms with E-state index in [1.54, 1.807) is 40.9 Å². The van der Waals surface area contributed by atoms with Gasteiger partial charge in [-0.3, -0.25) is 9.59 Å². The number of esters is 1. The summed E-state index contributed by atoms with van der Waals surface area (Å²) in [6.07, 6.45) is 0.845. The zero-order valence-electron chi connectivity index (χ0n) is 15.9. The molecule has 0 aliphatic carbocycles. The van der Waals surface area contributed by atoms with Crippen molar-refractivity contribution in [1.82, 2.24) is 4.98 Å². The van der Waals surface area contributed by atoms with Crippen molar-refractivity contribution in [3.63, 3.8) is 0 Å². The van der Waals surface area contributed by atoms with Gasteiger partial charge in [0.25, 0.3) is 5.91 Å². The number of hydrogen-bond donors (Lipinski definition) is 1. The van der Waals surface area contributed by atoms with Crippen molar-refractivity contribution in [2.24, 2.45) is 0 Å². The highest BCUT2D eigenvalue weighted by Crippen LogP contribution is 2.37. The lowest BCUT2D eigenvalue weighted by Crippen LogP contribution is -2.35. The number of para-hydroxylation sites is 2. The van der Waals surface area contributed by atoms with Gasteiger partial charge in [-0.1, -0.05) is 37.3 Å². The highest BCUT2D eigenvalue weighted by Gasteiger charge is 2.25. The van der Waals surface area contributed by atoms with E-state index in [9.17, 15) is 14.4 Å². The molecule has 148 valence electrons. The molecule has 1 N–H and O–H groups in total. The third-order valence-electron chi connectivity index (χ3n) is 4.84. The van der Waals surface area contributed by atoms with E-state index in [4.69, 9.17) is 4.74 Å². The number of hydrogen-bond acceptors (Lipinski definition) is 5. The number of ether oxygens (including phenoxy) is 1. The maximum atomic E-state index is 12.9. The van der Waals surface area contributed by atoms with E-state index in [2.05, 4.69) is 11.9 Å². The van der Waals surface area contributed by atoms with E-state index in [0.717, 1.165) is 17.0 Å². The minimum atomic E-state index is -0.688. The lowest BCUT2D eigenvalue weighted by molar-refractivity contribution is -0.121. The van der Waals surface area contributed by atoms with Gasteiger partial charge in [-0.25, -0.2) is 4.79 Å². The quantitative estimate of drug-likeness (QED) is 0.670. The Kier molecular flexibility index (Phi) is 5.40. The minimum absolute atomic E-state index is 0.151. The molecule has 0 bridgehead atoms. The molecule has 1 atom stereocenters. The van der Waals surface area contributed by atoms with E-state index < -0.39 is 11.5 Å². The normalized spacial score (nSPS) is 16.2. The van der Waals surface area contributed by atoms with Crippen molar-refractivity contribution < 1.29 is 14.3 Å². The maximum Gasteiger partial charge on any atom is 0.339 e. The fourth-order valence-electron chi connectivity index (χ4n) is 3.40. The van der Waals surface area contributed by atoms with Crippen LogP contribution in [-0.4, -0.2) is 35.3 Å². The minimum Gasteiger partial charge on any atom is -0.452 e. The van der Waals surface area contributed by atoms with Gasteiger partial charge in [0.15, 0.2) is 6.61 Å². The number of rotatable bonds is 3. The topological polar surface area (TPSA) is 79.5 Å². The molecule has 7 heteroatoms. The molecule has 2 heterocycles. The molecule has 6 nitrogen and oxygen atoms in total. The van der Waals surface area contributed by atoms with Crippen LogP contribution in [0.15, 0.2) is 64.3 Å². The Morgan fingerprint density at radius 2 is 1.93 bits per heavy atom. The summed E-state index contributed by atoms with van der Waals surface area (Å²) in [6.45, 7) is 2.32. The number of H-pyrrole nitrogens is 1. The van der Waals surface area contributed by atoms with Crippen molar-refractivity contribution in [2.75, 3.05) is 18.1 Å². The number of nitrogens with one attached hydrogen (secondary N) is 1. The Bertz CT molecular complexity index is 1140. The van der Waals surface area contributed by atoms with Crippen LogP contribution < -0.4 is 10.5 Å². The number of pyridine rings is 1. The van der Waals surface area contributed by atoms with Gasteiger partial charge >= 0.3 is 5.97 Å². The van der Waals surface area contributed by atoms with E-state index in [-0.39, 0.29) is 18.1 Å². The molecule has 0 saturated carbocycles. The van der Waals surface area contributed by atoms with Gasteiger partial charge < -0.3 is 14.6 Å². The van der Waals surface area contributed by atoms with Crippen LogP contribution in [0, 0.1) is 0 Å². The Labute approximate surface area is 171 Å². The van der Waals surface area contributed by atoms with Crippen LogP contribution >= 0.6 is 11.8 Å². The summed E-state index contributed by atoms with van der Waals surface area (Å²) in [5, 5.41) is 0.966. The summed E-state index contributed by atoms with van der Waals surface area (Å²) in [4.78, 5) is 42.7. The number of amides is 1. The third-order valence-corrected chi connectivity index (χ3v) is 6.08. The standard InChI is InChI=1S/C22H20N2O4S/c1-14-10-11-24(18-8-4-5-9-19(18)29-14)21(26)13-28-22(27)16-12-20(25)23-17-7-3-2-6-15(16)17/h2-9,12,14H,10-11,13H2,1H3,(H,23,25)/t14-/m1/s1. The highest BCUT2D eigenvalue weighted by molar-refractivity contribution is 8.00. The van der Waals surface area contributed by atoms with E-state index in [0.29, 0.717) is 22.7 Å². The van der Waals surface area contributed by atoms with Crippen LogP contribution in [0.2, 0.25) is 0 Å². The number of aromatic amines is 1. The summed E-state index contributed by atoms with van der Waals surface area (Å²) < 4.78 is 5.30. The first-order chi connectivity index (χ1) is 14.0. The molecule has 0 spiro atoms. The molecule has 1 aromatic heterocycles. The van der Waals surface area contributed by atoms with Crippen LogP contribution in [0.5, 0.6) is 0 Å². The molecule has 2 aromatic carbocycles. The fourth-order valence-corrected chi connectivity index (χ4v) is 4.52. The summed E-state index contributed by atoms with van der Waals surface area (Å²) >= 11 is 1.74. The Balaban J connectivity index is 1.53. The molecule has 1 aliphatic rings. The van der Waals surface area contributed by atoms with Gasteiger partial charge in [0.2, 0.25) is 5.56 Å². The molecule has 3 aromatic rings. The number of benzene rings is 2. The Hall–Kier alpha value is -3.06. The maximum absolute atomic E-state index is 12.9. The van der Waals surface area contributed by atoms with Crippen LogP contribution in [0.4, 0.5) is 5.69 Å². The number of carbonyl (C=O) groups excluding carboxylic acids is 2. The Morgan fingerprint density at radius 1 is 1.17 bits per heavy atom. The predicted octanol–water partition coefficient (Wildman–Crippen LogP) is 3.60. The number of carbonyl (C=O) groups is 2. The van der Waals surface area contributed by atoms with E-state index in [1.807, 2.05) is 24.3 Å².